The molecule has 0 atom stereocenters. The molecule has 1 aliphatic rings. The molecule has 4 aromatic rings. The number of ether oxygens (including phenoxy) is 1. The number of methoxy groups -OCH3 is 1. The van der Waals surface area contributed by atoms with Gasteiger partial charge in [0.1, 0.15) is 5.75 Å². The second-order valence-electron chi connectivity index (χ2n) is 10.2. The predicted octanol–water partition coefficient (Wildman–Crippen LogP) is 6.31. The number of hydrogen-bond donors (Lipinski definition) is 2. The highest BCUT2D eigenvalue weighted by atomic mass is 32.2. The van der Waals surface area contributed by atoms with E-state index in [-0.39, 0.29) is 16.2 Å². The molecule has 0 aliphatic carbocycles. The van der Waals surface area contributed by atoms with E-state index in [1.807, 2.05) is 54.6 Å². The molecule has 6 nitrogen and oxygen atoms in total. The van der Waals surface area contributed by atoms with Crippen LogP contribution in [0.2, 0.25) is 0 Å². The Hall–Kier alpha value is -4.36. The molecule has 0 aromatic heterocycles. The number of anilines is 1. The van der Waals surface area contributed by atoms with Gasteiger partial charge in [-0.25, -0.2) is 8.42 Å². The van der Waals surface area contributed by atoms with Crippen molar-refractivity contribution in [2.45, 2.75) is 30.7 Å². The summed E-state index contributed by atoms with van der Waals surface area (Å²) in [6.45, 7) is 4.19. The zero-order valence-electron chi connectivity index (χ0n) is 22.1. The fraction of sp³-hybridized carbons (Fsp3) is 0.156. The number of hydrogen-bond acceptors (Lipinski definition) is 5. The summed E-state index contributed by atoms with van der Waals surface area (Å²) in [6, 6.07) is 28.6. The fourth-order valence-electron chi connectivity index (χ4n) is 4.84. The Morgan fingerprint density at radius 3 is 2.31 bits per heavy atom. The van der Waals surface area contributed by atoms with Crippen molar-refractivity contribution in [1.82, 2.24) is 5.32 Å². The zero-order chi connectivity index (χ0) is 27.6. The van der Waals surface area contributed by atoms with Crippen molar-refractivity contribution in [3.05, 3.63) is 120 Å². The van der Waals surface area contributed by atoms with Crippen molar-refractivity contribution < 1.29 is 17.9 Å². The van der Waals surface area contributed by atoms with Gasteiger partial charge >= 0.3 is 0 Å². The van der Waals surface area contributed by atoms with Crippen LogP contribution in [0.25, 0.3) is 16.8 Å². The van der Waals surface area contributed by atoms with E-state index in [2.05, 4.69) is 23.9 Å². The summed E-state index contributed by atoms with van der Waals surface area (Å²) >= 11 is 0. The fourth-order valence-corrected chi connectivity index (χ4v) is 6.13. The lowest BCUT2D eigenvalue weighted by molar-refractivity contribution is 0.104. The van der Waals surface area contributed by atoms with Crippen molar-refractivity contribution in [1.29, 1.82) is 0 Å². The second-order valence-corrected chi connectivity index (χ2v) is 11.8. The van der Waals surface area contributed by atoms with E-state index in [0.29, 0.717) is 16.8 Å². The number of fused-ring (bicyclic) bond motifs is 1. The summed E-state index contributed by atoms with van der Waals surface area (Å²) in [4.78, 5) is 13.4. The molecule has 0 unspecified atom stereocenters. The number of carbonyl (C=O) groups is 1. The third-order valence-electron chi connectivity index (χ3n) is 6.67. The highest BCUT2D eigenvalue weighted by Gasteiger charge is 2.28. The average Bonchev–Trinajstić information content (AvgIpc) is 2.93. The first kappa shape index (κ1) is 26.3. The van der Waals surface area contributed by atoms with Crippen LogP contribution in [0.5, 0.6) is 5.75 Å². The van der Waals surface area contributed by atoms with Crippen LogP contribution in [0.1, 0.15) is 35.3 Å². The molecule has 1 heterocycles. The lowest BCUT2D eigenvalue weighted by atomic mass is 9.85. The highest BCUT2D eigenvalue weighted by molar-refractivity contribution is 7.92. The number of allylic oxidation sites excluding steroid dienone is 1. The van der Waals surface area contributed by atoms with Gasteiger partial charge in [-0.15, -0.1) is 0 Å². The Labute approximate surface area is 229 Å². The molecule has 7 heteroatoms. The average molecular weight is 539 g/mol. The van der Waals surface area contributed by atoms with Crippen LogP contribution in [-0.2, 0) is 16.4 Å². The molecule has 0 saturated carbocycles. The third-order valence-corrected chi connectivity index (χ3v) is 8.11. The number of ketones is 1. The van der Waals surface area contributed by atoms with Crippen LogP contribution < -0.4 is 14.8 Å². The number of sulfonamides is 1. The van der Waals surface area contributed by atoms with Crippen LogP contribution in [0, 0.1) is 0 Å². The molecular weight excluding hydrogens is 508 g/mol. The summed E-state index contributed by atoms with van der Waals surface area (Å²) in [6.07, 6.45) is 2.41. The molecule has 2 N–H and O–H groups in total. The van der Waals surface area contributed by atoms with Crippen LogP contribution >= 0.6 is 0 Å². The summed E-state index contributed by atoms with van der Waals surface area (Å²) in [5.41, 5.74) is 4.83. The van der Waals surface area contributed by atoms with Crippen LogP contribution in [-0.4, -0.2) is 26.8 Å². The van der Waals surface area contributed by atoms with Crippen LogP contribution in [0.4, 0.5) is 5.69 Å². The van der Waals surface area contributed by atoms with Crippen molar-refractivity contribution in [3.8, 4) is 16.9 Å². The quantitative estimate of drug-likeness (QED) is 0.213. The first-order valence-corrected chi connectivity index (χ1v) is 14.1. The highest BCUT2D eigenvalue weighted by Crippen LogP contribution is 2.33. The normalized spacial score (nSPS) is 15.2. The number of benzene rings is 4. The Kier molecular flexibility index (Phi) is 7.02. The summed E-state index contributed by atoms with van der Waals surface area (Å²) in [5.74, 6) is 0.534. The first-order valence-electron chi connectivity index (χ1n) is 12.6. The van der Waals surface area contributed by atoms with Crippen molar-refractivity contribution in [3.63, 3.8) is 0 Å². The molecule has 1 aliphatic heterocycles. The number of carbonyl (C=O) groups excluding carboxylic acids is 1. The summed E-state index contributed by atoms with van der Waals surface area (Å²) < 4.78 is 34.6. The van der Waals surface area contributed by atoms with Gasteiger partial charge in [-0.05, 0) is 73.9 Å². The second kappa shape index (κ2) is 10.4. The molecule has 5 rings (SSSR count). The minimum Gasteiger partial charge on any atom is -0.497 e. The van der Waals surface area contributed by atoms with E-state index in [4.69, 9.17) is 4.74 Å². The smallest absolute Gasteiger partial charge is 0.262 e. The zero-order valence-corrected chi connectivity index (χ0v) is 22.9. The molecule has 39 heavy (non-hydrogen) atoms. The van der Waals surface area contributed by atoms with Gasteiger partial charge in [-0.1, -0.05) is 54.6 Å². The Morgan fingerprint density at radius 2 is 1.59 bits per heavy atom. The minimum atomic E-state index is -3.87. The maximum atomic E-state index is 13.3. The van der Waals surface area contributed by atoms with E-state index in [0.717, 1.165) is 34.6 Å². The Bertz CT molecular complexity index is 1660. The van der Waals surface area contributed by atoms with Gasteiger partial charge < -0.3 is 10.1 Å². The molecule has 4 aromatic carbocycles. The third kappa shape index (κ3) is 5.73. The Morgan fingerprint density at radius 1 is 0.897 bits per heavy atom. The first-order chi connectivity index (χ1) is 18.6. The van der Waals surface area contributed by atoms with Crippen LogP contribution in [0.3, 0.4) is 0 Å². The van der Waals surface area contributed by atoms with E-state index < -0.39 is 10.0 Å². The Balaban J connectivity index is 1.39. The van der Waals surface area contributed by atoms with Gasteiger partial charge in [-0.2, -0.15) is 0 Å². The van der Waals surface area contributed by atoms with E-state index in [9.17, 15) is 13.2 Å². The van der Waals surface area contributed by atoms with Gasteiger partial charge in [0.15, 0.2) is 5.78 Å². The molecule has 0 fully saturated rings. The number of rotatable bonds is 7. The van der Waals surface area contributed by atoms with Crippen molar-refractivity contribution in [2.24, 2.45) is 0 Å². The molecule has 198 valence electrons. The van der Waals surface area contributed by atoms with Gasteiger partial charge in [0.2, 0.25) is 0 Å². The topological polar surface area (TPSA) is 84.5 Å². The van der Waals surface area contributed by atoms with Gasteiger partial charge in [0, 0.05) is 39.7 Å². The predicted molar refractivity (Wildman–Crippen MR) is 155 cm³/mol. The number of nitrogens with one attached hydrogen (secondary N) is 2. The maximum Gasteiger partial charge on any atom is 0.262 e. The monoisotopic (exact) mass is 538 g/mol. The molecule has 0 bridgehead atoms. The van der Waals surface area contributed by atoms with Gasteiger partial charge in [0.25, 0.3) is 10.0 Å². The molecule has 0 amide bonds. The van der Waals surface area contributed by atoms with Crippen molar-refractivity contribution >= 4 is 27.2 Å². The summed E-state index contributed by atoms with van der Waals surface area (Å²) in [5, 5.41) is 3.47. The SMILES string of the molecule is COc1ccc2c(c1)C(=CC(=O)c1ccc(NS(=O)(=O)c3ccccc3-c3ccccc3)cc1)NC(C)(C)C2. The van der Waals surface area contributed by atoms with Crippen molar-refractivity contribution in [2.75, 3.05) is 11.8 Å². The lowest BCUT2D eigenvalue weighted by Gasteiger charge is -2.35. The molecular formula is C32H30N2O4S. The van der Waals surface area contributed by atoms with E-state index in [1.54, 1.807) is 55.7 Å². The largest absolute Gasteiger partial charge is 0.497 e. The minimum absolute atomic E-state index is 0.182. The lowest BCUT2D eigenvalue weighted by Crippen LogP contribution is -2.43. The summed E-state index contributed by atoms with van der Waals surface area (Å²) in [7, 11) is -2.25. The molecule has 0 spiro atoms. The molecule has 0 radical (unpaired) electrons. The van der Waals surface area contributed by atoms with E-state index in [1.165, 1.54) is 0 Å². The van der Waals surface area contributed by atoms with Gasteiger partial charge in [0.05, 0.1) is 12.0 Å². The van der Waals surface area contributed by atoms with Crippen LogP contribution in [0.15, 0.2) is 108 Å². The standard InChI is InChI=1S/C32H30N2O4S/c1-32(2)21-24-15-18-26(38-3)19-28(24)29(33-32)20-30(35)23-13-16-25(17-14-23)34-39(36,37)31-12-8-7-11-27(31)22-9-5-4-6-10-22/h4-20,33-34H,21H2,1-3H3. The van der Waals surface area contributed by atoms with E-state index >= 15 is 0 Å². The maximum absolute atomic E-state index is 13.3. The molecule has 0 saturated heterocycles. The van der Waals surface area contributed by atoms with Gasteiger partial charge in [-0.3, -0.25) is 9.52 Å².